The van der Waals surface area contributed by atoms with Crippen LogP contribution in [0.3, 0.4) is 0 Å². The predicted octanol–water partition coefficient (Wildman–Crippen LogP) is 4.20. The van der Waals surface area contributed by atoms with Gasteiger partial charge in [-0.15, -0.1) is 0 Å². The number of hydrogen-bond donors (Lipinski definition) is 2. The molecule has 0 spiro atoms. The molecule has 112 valence electrons. The Bertz CT molecular complexity index is 563. The lowest BCUT2D eigenvalue weighted by atomic mass is 9.49. The fraction of sp³-hybridized carbons (Fsp3) is 0.588. The SMILES string of the molecule is O=C(Nc1ccc(O)c(Cl)c1)C12CC3CC(CC(C3)C1)C2. The summed E-state index contributed by atoms with van der Waals surface area (Å²) >= 11 is 5.91. The number of aromatic hydroxyl groups is 1. The third-order valence-electron chi connectivity index (χ3n) is 5.73. The topological polar surface area (TPSA) is 49.3 Å². The molecule has 0 heterocycles. The normalized spacial score (nSPS) is 36.7. The van der Waals surface area contributed by atoms with Crippen LogP contribution in [0.4, 0.5) is 5.69 Å². The number of phenols is 1. The van der Waals surface area contributed by atoms with Crippen LogP contribution in [-0.4, -0.2) is 11.0 Å². The largest absolute Gasteiger partial charge is 0.506 e. The number of phenolic OH excluding ortho intramolecular Hbond substituents is 1. The molecule has 3 nitrogen and oxygen atoms in total. The van der Waals surface area contributed by atoms with Crippen LogP contribution in [0.2, 0.25) is 5.02 Å². The zero-order valence-corrected chi connectivity index (χ0v) is 12.7. The van der Waals surface area contributed by atoms with Crippen LogP contribution in [0.15, 0.2) is 18.2 Å². The molecule has 0 atom stereocenters. The Morgan fingerprint density at radius 1 is 1.14 bits per heavy atom. The van der Waals surface area contributed by atoms with Crippen molar-refractivity contribution in [2.75, 3.05) is 5.32 Å². The monoisotopic (exact) mass is 305 g/mol. The van der Waals surface area contributed by atoms with E-state index >= 15 is 0 Å². The summed E-state index contributed by atoms with van der Waals surface area (Å²) in [5, 5.41) is 12.8. The van der Waals surface area contributed by atoms with Crippen molar-refractivity contribution in [1.82, 2.24) is 0 Å². The summed E-state index contributed by atoms with van der Waals surface area (Å²) in [6, 6.07) is 4.85. The molecule has 0 saturated heterocycles. The van der Waals surface area contributed by atoms with Gasteiger partial charge in [-0.3, -0.25) is 4.79 Å². The standard InChI is InChI=1S/C17H20ClNO2/c18-14-6-13(1-2-15(14)20)19-16(21)17-7-10-3-11(8-17)5-12(4-10)9-17/h1-2,6,10-12,20H,3-5,7-9H2,(H,19,21). The van der Waals surface area contributed by atoms with Crippen molar-refractivity contribution in [3.05, 3.63) is 23.2 Å². The third-order valence-corrected chi connectivity index (χ3v) is 6.03. The fourth-order valence-corrected chi connectivity index (χ4v) is 5.42. The van der Waals surface area contributed by atoms with Crippen molar-refractivity contribution < 1.29 is 9.90 Å². The van der Waals surface area contributed by atoms with Crippen LogP contribution >= 0.6 is 11.6 Å². The molecule has 21 heavy (non-hydrogen) atoms. The number of hydrogen-bond acceptors (Lipinski definition) is 2. The molecule has 4 aliphatic carbocycles. The Morgan fingerprint density at radius 2 is 1.71 bits per heavy atom. The minimum atomic E-state index is -0.154. The Hall–Kier alpha value is -1.22. The van der Waals surface area contributed by atoms with E-state index in [0.29, 0.717) is 5.69 Å². The fourth-order valence-electron chi connectivity index (χ4n) is 5.24. The number of amides is 1. The van der Waals surface area contributed by atoms with Crippen molar-refractivity contribution >= 4 is 23.2 Å². The maximum atomic E-state index is 12.8. The smallest absolute Gasteiger partial charge is 0.230 e. The average Bonchev–Trinajstić information content (AvgIpc) is 2.41. The second-order valence-electron chi connectivity index (χ2n) is 7.32. The van der Waals surface area contributed by atoms with Gasteiger partial charge in [-0.2, -0.15) is 0 Å². The van der Waals surface area contributed by atoms with E-state index in [1.165, 1.54) is 25.3 Å². The molecule has 0 aliphatic heterocycles. The molecule has 0 aromatic heterocycles. The van der Waals surface area contributed by atoms with Crippen molar-refractivity contribution in [3.8, 4) is 5.75 Å². The number of halogens is 1. The Balaban J connectivity index is 1.56. The second kappa shape index (κ2) is 4.64. The number of carbonyl (C=O) groups excluding carboxylic acids is 1. The summed E-state index contributed by atoms with van der Waals surface area (Å²) < 4.78 is 0. The molecule has 1 amide bonds. The summed E-state index contributed by atoms with van der Waals surface area (Å²) in [6.07, 6.45) is 7.15. The van der Waals surface area contributed by atoms with Crippen molar-refractivity contribution in [2.24, 2.45) is 23.2 Å². The van der Waals surface area contributed by atoms with Crippen LogP contribution in [0.5, 0.6) is 5.75 Å². The van der Waals surface area contributed by atoms with Crippen LogP contribution in [0, 0.1) is 23.2 Å². The van der Waals surface area contributed by atoms with Gasteiger partial charge in [-0.05, 0) is 74.5 Å². The molecule has 0 radical (unpaired) electrons. The van der Waals surface area contributed by atoms with E-state index in [4.69, 9.17) is 11.6 Å². The van der Waals surface area contributed by atoms with E-state index in [-0.39, 0.29) is 22.1 Å². The van der Waals surface area contributed by atoms with E-state index < -0.39 is 0 Å². The Kier molecular flexibility index (Phi) is 2.97. The van der Waals surface area contributed by atoms with Crippen LogP contribution in [0.1, 0.15) is 38.5 Å². The number of anilines is 1. The molecule has 5 rings (SSSR count). The van der Waals surface area contributed by atoms with E-state index in [1.807, 2.05) is 0 Å². The molecular weight excluding hydrogens is 286 g/mol. The van der Waals surface area contributed by atoms with Gasteiger partial charge < -0.3 is 10.4 Å². The molecule has 4 heteroatoms. The van der Waals surface area contributed by atoms with Gasteiger partial charge in [-0.25, -0.2) is 0 Å². The van der Waals surface area contributed by atoms with E-state index in [1.54, 1.807) is 12.1 Å². The molecule has 4 saturated carbocycles. The summed E-state index contributed by atoms with van der Waals surface area (Å²) in [4.78, 5) is 12.8. The van der Waals surface area contributed by atoms with Crippen LogP contribution in [-0.2, 0) is 4.79 Å². The number of nitrogens with one attached hydrogen (secondary N) is 1. The summed E-state index contributed by atoms with van der Waals surface area (Å²) in [5.74, 6) is 2.47. The van der Waals surface area contributed by atoms with Gasteiger partial charge in [0, 0.05) is 5.69 Å². The highest BCUT2D eigenvalue weighted by Crippen LogP contribution is 2.60. The zero-order chi connectivity index (χ0) is 14.6. The molecule has 2 N–H and O–H groups in total. The predicted molar refractivity (Wildman–Crippen MR) is 82.4 cm³/mol. The van der Waals surface area contributed by atoms with Gasteiger partial charge in [0.05, 0.1) is 10.4 Å². The van der Waals surface area contributed by atoms with Gasteiger partial charge >= 0.3 is 0 Å². The van der Waals surface area contributed by atoms with Crippen molar-refractivity contribution in [2.45, 2.75) is 38.5 Å². The van der Waals surface area contributed by atoms with Crippen LogP contribution < -0.4 is 5.32 Å². The van der Waals surface area contributed by atoms with Gasteiger partial charge in [-0.1, -0.05) is 11.6 Å². The maximum absolute atomic E-state index is 12.8. The molecule has 1 aromatic rings. The Morgan fingerprint density at radius 3 is 2.24 bits per heavy atom. The number of carbonyl (C=O) groups is 1. The number of benzene rings is 1. The molecular formula is C17H20ClNO2. The molecule has 4 fully saturated rings. The first kappa shape index (κ1) is 13.4. The molecule has 4 bridgehead atoms. The molecule has 4 aliphatic rings. The summed E-state index contributed by atoms with van der Waals surface area (Å²) in [7, 11) is 0. The average molecular weight is 306 g/mol. The molecule has 1 aromatic carbocycles. The first-order valence-electron chi connectivity index (χ1n) is 7.84. The van der Waals surface area contributed by atoms with Gasteiger partial charge in [0.15, 0.2) is 0 Å². The van der Waals surface area contributed by atoms with Crippen LogP contribution in [0.25, 0.3) is 0 Å². The van der Waals surface area contributed by atoms with E-state index in [0.717, 1.165) is 37.0 Å². The molecule has 0 unspecified atom stereocenters. The van der Waals surface area contributed by atoms with E-state index in [9.17, 15) is 9.90 Å². The van der Waals surface area contributed by atoms with Gasteiger partial charge in [0.2, 0.25) is 5.91 Å². The van der Waals surface area contributed by atoms with Gasteiger partial charge in [0.1, 0.15) is 5.75 Å². The maximum Gasteiger partial charge on any atom is 0.230 e. The quantitative estimate of drug-likeness (QED) is 0.805. The second-order valence-corrected chi connectivity index (χ2v) is 7.73. The highest BCUT2D eigenvalue weighted by Gasteiger charge is 2.54. The highest BCUT2D eigenvalue weighted by atomic mass is 35.5. The summed E-state index contributed by atoms with van der Waals surface area (Å²) in [6.45, 7) is 0. The first-order chi connectivity index (χ1) is 10.0. The zero-order valence-electron chi connectivity index (χ0n) is 11.9. The lowest BCUT2D eigenvalue weighted by Gasteiger charge is -2.55. The van der Waals surface area contributed by atoms with E-state index in [2.05, 4.69) is 5.32 Å². The van der Waals surface area contributed by atoms with Gasteiger partial charge in [0.25, 0.3) is 0 Å². The lowest BCUT2D eigenvalue weighted by molar-refractivity contribution is -0.140. The third kappa shape index (κ3) is 2.22. The Labute approximate surface area is 129 Å². The summed E-state index contributed by atoms with van der Waals surface area (Å²) in [5.41, 5.74) is 0.526. The highest BCUT2D eigenvalue weighted by molar-refractivity contribution is 6.32. The van der Waals surface area contributed by atoms with Crippen molar-refractivity contribution in [3.63, 3.8) is 0 Å². The first-order valence-corrected chi connectivity index (χ1v) is 8.22. The van der Waals surface area contributed by atoms with Crippen molar-refractivity contribution in [1.29, 1.82) is 0 Å². The minimum absolute atomic E-state index is 0.0458. The lowest BCUT2D eigenvalue weighted by Crippen LogP contribution is -2.51. The minimum Gasteiger partial charge on any atom is -0.506 e. The number of rotatable bonds is 2.